The van der Waals surface area contributed by atoms with E-state index in [1.165, 1.54) is 6.26 Å². The minimum atomic E-state index is -0.956. The molecular formula is C15H11NO3. The number of carboxylic acids is 1. The average molecular weight is 253 g/mol. The smallest absolute Gasteiger partial charge is 0.336 e. The number of carbonyl (C=O) groups is 1. The molecule has 0 fully saturated rings. The number of hydrogen-bond acceptors (Lipinski definition) is 3. The van der Waals surface area contributed by atoms with Gasteiger partial charge in [0, 0.05) is 10.9 Å². The largest absolute Gasteiger partial charge is 0.478 e. The second-order valence-electron chi connectivity index (χ2n) is 4.39. The SMILES string of the molecule is Cc1ccc2nc(-c3ccoc3)cc(C(=O)O)c2c1. The molecule has 19 heavy (non-hydrogen) atoms. The van der Waals surface area contributed by atoms with Crippen molar-refractivity contribution in [1.29, 1.82) is 0 Å². The minimum Gasteiger partial charge on any atom is -0.478 e. The Kier molecular flexibility index (Phi) is 2.56. The molecule has 0 unspecified atom stereocenters. The predicted molar refractivity (Wildman–Crippen MR) is 71.1 cm³/mol. The maximum absolute atomic E-state index is 11.4. The Morgan fingerprint density at radius 2 is 2.11 bits per heavy atom. The fourth-order valence-corrected chi connectivity index (χ4v) is 2.07. The Morgan fingerprint density at radius 1 is 1.26 bits per heavy atom. The van der Waals surface area contributed by atoms with Gasteiger partial charge < -0.3 is 9.52 Å². The van der Waals surface area contributed by atoms with E-state index in [-0.39, 0.29) is 5.56 Å². The van der Waals surface area contributed by atoms with Gasteiger partial charge in [0.05, 0.1) is 29.3 Å². The van der Waals surface area contributed by atoms with Crippen LogP contribution in [0.3, 0.4) is 0 Å². The van der Waals surface area contributed by atoms with E-state index in [4.69, 9.17) is 4.42 Å². The fourth-order valence-electron chi connectivity index (χ4n) is 2.07. The molecule has 0 radical (unpaired) electrons. The van der Waals surface area contributed by atoms with Crippen LogP contribution in [0.25, 0.3) is 22.2 Å². The van der Waals surface area contributed by atoms with Gasteiger partial charge in [0.25, 0.3) is 0 Å². The fraction of sp³-hybridized carbons (Fsp3) is 0.0667. The Bertz CT molecular complexity index is 760. The second kappa shape index (κ2) is 4.24. The summed E-state index contributed by atoms with van der Waals surface area (Å²) in [7, 11) is 0. The standard InChI is InChI=1S/C15H11NO3/c1-9-2-3-13-11(6-9)12(15(17)18)7-14(16-13)10-4-5-19-8-10/h2-8H,1H3,(H,17,18). The van der Waals surface area contributed by atoms with Crippen LogP contribution in [0.4, 0.5) is 0 Å². The van der Waals surface area contributed by atoms with Gasteiger partial charge in [-0.25, -0.2) is 9.78 Å². The number of benzene rings is 1. The zero-order chi connectivity index (χ0) is 13.4. The summed E-state index contributed by atoms with van der Waals surface area (Å²) in [4.78, 5) is 15.9. The van der Waals surface area contributed by atoms with Gasteiger partial charge in [-0.15, -0.1) is 0 Å². The summed E-state index contributed by atoms with van der Waals surface area (Å²) < 4.78 is 5.01. The van der Waals surface area contributed by atoms with Crippen molar-refractivity contribution in [3.63, 3.8) is 0 Å². The summed E-state index contributed by atoms with van der Waals surface area (Å²) in [6.45, 7) is 1.93. The van der Waals surface area contributed by atoms with Gasteiger partial charge >= 0.3 is 5.97 Å². The van der Waals surface area contributed by atoms with E-state index >= 15 is 0 Å². The molecule has 1 N–H and O–H groups in total. The van der Waals surface area contributed by atoms with Gasteiger partial charge in [-0.1, -0.05) is 11.6 Å². The molecule has 0 amide bonds. The van der Waals surface area contributed by atoms with E-state index in [0.29, 0.717) is 16.6 Å². The highest BCUT2D eigenvalue weighted by Crippen LogP contribution is 2.25. The molecule has 0 saturated heterocycles. The van der Waals surface area contributed by atoms with E-state index in [1.807, 2.05) is 25.1 Å². The van der Waals surface area contributed by atoms with Crippen molar-refractivity contribution in [3.05, 3.63) is 54.0 Å². The Hall–Kier alpha value is -2.62. The van der Waals surface area contributed by atoms with E-state index in [0.717, 1.165) is 11.1 Å². The summed E-state index contributed by atoms with van der Waals surface area (Å²) in [6.07, 6.45) is 3.09. The summed E-state index contributed by atoms with van der Waals surface area (Å²) in [5.74, 6) is -0.956. The first-order valence-corrected chi connectivity index (χ1v) is 5.82. The van der Waals surface area contributed by atoms with Crippen molar-refractivity contribution < 1.29 is 14.3 Å². The molecule has 3 aromatic rings. The summed E-state index contributed by atoms with van der Waals surface area (Å²) in [5.41, 5.74) is 3.30. The lowest BCUT2D eigenvalue weighted by Gasteiger charge is -2.06. The molecule has 0 spiro atoms. The van der Waals surface area contributed by atoms with Crippen LogP contribution in [-0.4, -0.2) is 16.1 Å². The van der Waals surface area contributed by atoms with Crippen LogP contribution in [0, 0.1) is 6.92 Å². The Balaban J connectivity index is 2.34. The number of carboxylic acid groups (broad SMARTS) is 1. The van der Waals surface area contributed by atoms with Crippen molar-refractivity contribution in [1.82, 2.24) is 4.98 Å². The third kappa shape index (κ3) is 1.97. The first kappa shape index (κ1) is 11.5. The van der Waals surface area contributed by atoms with Crippen LogP contribution in [0.5, 0.6) is 0 Å². The number of nitrogens with zero attached hydrogens (tertiary/aromatic N) is 1. The highest BCUT2D eigenvalue weighted by atomic mass is 16.4. The number of aromatic nitrogens is 1. The molecule has 0 aliphatic heterocycles. The predicted octanol–water partition coefficient (Wildman–Crippen LogP) is 3.50. The van der Waals surface area contributed by atoms with Crippen LogP contribution >= 0.6 is 0 Å². The molecule has 0 saturated carbocycles. The van der Waals surface area contributed by atoms with E-state index < -0.39 is 5.97 Å². The molecule has 4 nitrogen and oxygen atoms in total. The number of aryl methyl sites for hydroxylation is 1. The maximum atomic E-state index is 11.4. The Morgan fingerprint density at radius 3 is 2.79 bits per heavy atom. The third-order valence-corrected chi connectivity index (χ3v) is 3.01. The van der Waals surface area contributed by atoms with Gasteiger partial charge in [0.1, 0.15) is 0 Å². The molecule has 0 aliphatic rings. The van der Waals surface area contributed by atoms with Gasteiger partial charge in [-0.3, -0.25) is 0 Å². The van der Waals surface area contributed by atoms with Crippen molar-refractivity contribution in [3.8, 4) is 11.3 Å². The van der Waals surface area contributed by atoms with Gasteiger partial charge in [0.15, 0.2) is 0 Å². The summed E-state index contributed by atoms with van der Waals surface area (Å²) >= 11 is 0. The topological polar surface area (TPSA) is 63.3 Å². The first-order chi connectivity index (χ1) is 9.15. The van der Waals surface area contributed by atoms with Crippen LogP contribution in [-0.2, 0) is 0 Å². The zero-order valence-electron chi connectivity index (χ0n) is 10.3. The molecule has 3 rings (SSSR count). The Labute approximate surface area is 109 Å². The number of fused-ring (bicyclic) bond motifs is 1. The van der Waals surface area contributed by atoms with E-state index in [9.17, 15) is 9.90 Å². The van der Waals surface area contributed by atoms with E-state index in [1.54, 1.807) is 18.4 Å². The number of pyridine rings is 1. The van der Waals surface area contributed by atoms with Gasteiger partial charge in [-0.05, 0) is 31.2 Å². The lowest BCUT2D eigenvalue weighted by Crippen LogP contribution is -2.00. The molecule has 94 valence electrons. The lowest BCUT2D eigenvalue weighted by molar-refractivity contribution is 0.0699. The maximum Gasteiger partial charge on any atom is 0.336 e. The molecule has 2 aromatic heterocycles. The lowest BCUT2D eigenvalue weighted by atomic mass is 10.0. The van der Waals surface area contributed by atoms with Crippen molar-refractivity contribution in [2.75, 3.05) is 0 Å². The molecular weight excluding hydrogens is 242 g/mol. The highest BCUT2D eigenvalue weighted by molar-refractivity contribution is 6.03. The average Bonchev–Trinajstić information content (AvgIpc) is 2.91. The molecule has 1 aromatic carbocycles. The number of furan rings is 1. The highest BCUT2D eigenvalue weighted by Gasteiger charge is 2.13. The van der Waals surface area contributed by atoms with Crippen molar-refractivity contribution >= 4 is 16.9 Å². The number of hydrogen-bond donors (Lipinski definition) is 1. The summed E-state index contributed by atoms with van der Waals surface area (Å²) in [5, 5.41) is 10.00. The number of rotatable bonds is 2. The second-order valence-corrected chi connectivity index (χ2v) is 4.39. The normalized spacial score (nSPS) is 10.8. The minimum absolute atomic E-state index is 0.255. The first-order valence-electron chi connectivity index (χ1n) is 5.82. The molecule has 4 heteroatoms. The summed E-state index contributed by atoms with van der Waals surface area (Å²) in [6, 6.07) is 8.93. The third-order valence-electron chi connectivity index (χ3n) is 3.01. The van der Waals surface area contributed by atoms with Crippen LogP contribution in [0.15, 0.2) is 47.3 Å². The van der Waals surface area contributed by atoms with Crippen LogP contribution in [0.2, 0.25) is 0 Å². The monoisotopic (exact) mass is 253 g/mol. The quantitative estimate of drug-likeness (QED) is 0.759. The number of aromatic carboxylic acids is 1. The van der Waals surface area contributed by atoms with E-state index in [2.05, 4.69) is 4.98 Å². The zero-order valence-corrected chi connectivity index (χ0v) is 10.3. The van der Waals surface area contributed by atoms with Gasteiger partial charge in [-0.2, -0.15) is 0 Å². The molecule has 2 heterocycles. The molecule has 0 aliphatic carbocycles. The molecule has 0 bridgehead atoms. The van der Waals surface area contributed by atoms with Crippen molar-refractivity contribution in [2.24, 2.45) is 0 Å². The van der Waals surface area contributed by atoms with Crippen molar-refractivity contribution in [2.45, 2.75) is 6.92 Å². The molecule has 0 atom stereocenters. The van der Waals surface area contributed by atoms with Gasteiger partial charge in [0.2, 0.25) is 0 Å². The van der Waals surface area contributed by atoms with Crippen LogP contribution < -0.4 is 0 Å². The van der Waals surface area contributed by atoms with Crippen LogP contribution in [0.1, 0.15) is 15.9 Å².